The summed E-state index contributed by atoms with van der Waals surface area (Å²) in [6, 6.07) is 14.2. The Kier molecular flexibility index (Phi) is 4.72. The van der Waals surface area contributed by atoms with E-state index < -0.39 is 11.9 Å². The molecule has 1 aliphatic rings. The van der Waals surface area contributed by atoms with Gasteiger partial charge < -0.3 is 10.2 Å². The van der Waals surface area contributed by atoms with Gasteiger partial charge in [-0.2, -0.15) is 0 Å². The molecule has 25 heavy (non-hydrogen) atoms. The van der Waals surface area contributed by atoms with Crippen molar-refractivity contribution >= 4 is 35.1 Å². The second kappa shape index (κ2) is 6.94. The summed E-state index contributed by atoms with van der Waals surface area (Å²) in [4.78, 5) is 37.9. The van der Waals surface area contributed by atoms with Gasteiger partial charge in [0.05, 0.1) is 0 Å². The molecule has 6 nitrogen and oxygen atoms in total. The lowest BCUT2D eigenvalue weighted by atomic mass is 10.1. The first kappa shape index (κ1) is 17.0. The quantitative estimate of drug-likeness (QED) is 0.855. The standard InChI is InChI=1S/C18H16ClN3O3/c1-21-11-17(24)22(18(21)25)10-16(23)20-15-4-2-3-13(9-15)12-5-7-14(19)8-6-12/h2-9H,10-11H2,1H3,(H,20,23). The summed E-state index contributed by atoms with van der Waals surface area (Å²) >= 11 is 5.89. The van der Waals surface area contributed by atoms with Crippen molar-refractivity contribution in [3.05, 3.63) is 53.6 Å². The summed E-state index contributed by atoms with van der Waals surface area (Å²) in [5.74, 6) is -0.803. The number of imide groups is 1. The number of nitrogens with one attached hydrogen (secondary N) is 1. The molecule has 0 radical (unpaired) electrons. The van der Waals surface area contributed by atoms with Crippen LogP contribution in [0, 0.1) is 0 Å². The number of benzene rings is 2. The van der Waals surface area contributed by atoms with E-state index in [4.69, 9.17) is 11.6 Å². The summed E-state index contributed by atoms with van der Waals surface area (Å²) in [5, 5.41) is 3.37. The average Bonchev–Trinajstić information content (AvgIpc) is 2.82. The topological polar surface area (TPSA) is 69.7 Å². The van der Waals surface area contributed by atoms with E-state index >= 15 is 0 Å². The van der Waals surface area contributed by atoms with E-state index in [9.17, 15) is 14.4 Å². The van der Waals surface area contributed by atoms with Gasteiger partial charge in [0, 0.05) is 17.8 Å². The molecule has 0 saturated carbocycles. The zero-order valence-electron chi connectivity index (χ0n) is 13.5. The van der Waals surface area contributed by atoms with E-state index in [1.165, 1.54) is 11.9 Å². The predicted octanol–water partition coefficient (Wildman–Crippen LogP) is 2.84. The van der Waals surface area contributed by atoms with Gasteiger partial charge in [0.15, 0.2) is 0 Å². The molecule has 1 N–H and O–H groups in total. The Morgan fingerprint density at radius 2 is 1.84 bits per heavy atom. The number of urea groups is 1. The van der Waals surface area contributed by atoms with Gasteiger partial charge in [-0.1, -0.05) is 35.9 Å². The molecule has 7 heteroatoms. The molecule has 0 atom stereocenters. The maximum Gasteiger partial charge on any atom is 0.327 e. The maximum absolute atomic E-state index is 12.2. The molecule has 3 rings (SSSR count). The van der Waals surface area contributed by atoms with Crippen molar-refractivity contribution in [2.24, 2.45) is 0 Å². The van der Waals surface area contributed by atoms with Crippen LogP contribution in [0.2, 0.25) is 5.02 Å². The molecular formula is C18H16ClN3O3. The number of rotatable bonds is 4. The molecule has 1 saturated heterocycles. The molecule has 1 heterocycles. The summed E-state index contributed by atoms with van der Waals surface area (Å²) in [7, 11) is 1.52. The fourth-order valence-corrected chi connectivity index (χ4v) is 2.71. The average molecular weight is 358 g/mol. The monoisotopic (exact) mass is 357 g/mol. The van der Waals surface area contributed by atoms with Gasteiger partial charge >= 0.3 is 6.03 Å². The third-order valence-electron chi connectivity index (χ3n) is 3.86. The third-order valence-corrected chi connectivity index (χ3v) is 4.11. The van der Waals surface area contributed by atoms with E-state index in [2.05, 4.69) is 5.32 Å². The number of amides is 4. The number of carbonyl (C=O) groups is 3. The number of halogens is 1. The van der Waals surface area contributed by atoms with Crippen LogP contribution in [0.5, 0.6) is 0 Å². The Balaban J connectivity index is 1.70. The van der Waals surface area contributed by atoms with E-state index in [0.717, 1.165) is 16.0 Å². The van der Waals surface area contributed by atoms with Crippen molar-refractivity contribution < 1.29 is 14.4 Å². The normalized spacial score (nSPS) is 14.2. The van der Waals surface area contributed by atoms with Gasteiger partial charge in [-0.3, -0.25) is 14.5 Å². The molecule has 2 aromatic rings. The molecule has 0 aromatic heterocycles. The lowest BCUT2D eigenvalue weighted by Crippen LogP contribution is -2.38. The van der Waals surface area contributed by atoms with Gasteiger partial charge in [-0.05, 0) is 35.4 Å². The predicted molar refractivity (Wildman–Crippen MR) is 95.3 cm³/mol. The third kappa shape index (κ3) is 3.80. The van der Waals surface area contributed by atoms with Gasteiger partial charge in [0.1, 0.15) is 13.1 Å². The molecule has 1 aliphatic heterocycles. The summed E-state index contributed by atoms with van der Waals surface area (Å²) < 4.78 is 0. The Labute approximate surface area is 150 Å². The zero-order chi connectivity index (χ0) is 18.0. The molecule has 0 spiro atoms. The lowest BCUT2D eigenvalue weighted by molar-refractivity contribution is -0.129. The van der Waals surface area contributed by atoms with Crippen LogP contribution in [-0.2, 0) is 9.59 Å². The fraction of sp³-hybridized carbons (Fsp3) is 0.167. The Bertz CT molecular complexity index is 836. The van der Waals surface area contributed by atoms with E-state index in [1.54, 1.807) is 18.2 Å². The van der Waals surface area contributed by atoms with Crippen LogP contribution >= 0.6 is 11.6 Å². The van der Waals surface area contributed by atoms with Gasteiger partial charge in [0.2, 0.25) is 5.91 Å². The summed E-state index contributed by atoms with van der Waals surface area (Å²) in [6.07, 6.45) is 0. The van der Waals surface area contributed by atoms with Crippen LogP contribution in [-0.4, -0.2) is 47.8 Å². The fourth-order valence-electron chi connectivity index (χ4n) is 2.59. The highest BCUT2D eigenvalue weighted by atomic mass is 35.5. The second-order valence-corrected chi connectivity index (χ2v) is 6.19. The van der Waals surface area contributed by atoms with Crippen LogP contribution in [0.3, 0.4) is 0 Å². The number of nitrogens with zero attached hydrogens (tertiary/aromatic N) is 2. The minimum Gasteiger partial charge on any atom is -0.325 e. The van der Waals surface area contributed by atoms with E-state index in [1.807, 2.05) is 30.3 Å². The highest BCUT2D eigenvalue weighted by Gasteiger charge is 2.34. The maximum atomic E-state index is 12.2. The lowest BCUT2D eigenvalue weighted by Gasteiger charge is -2.14. The molecule has 1 fully saturated rings. The van der Waals surface area contributed by atoms with Gasteiger partial charge in [-0.15, -0.1) is 0 Å². The highest BCUT2D eigenvalue weighted by molar-refractivity contribution is 6.30. The van der Waals surface area contributed by atoms with Crippen LogP contribution < -0.4 is 5.32 Å². The smallest absolute Gasteiger partial charge is 0.325 e. The van der Waals surface area contributed by atoms with Crippen molar-refractivity contribution in [2.75, 3.05) is 25.5 Å². The minimum atomic E-state index is -0.463. The van der Waals surface area contributed by atoms with E-state index in [-0.39, 0.29) is 19.0 Å². The van der Waals surface area contributed by atoms with Crippen molar-refractivity contribution in [3.8, 4) is 11.1 Å². The summed E-state index contributed by atoms with van der Waals surface area (Å²) in [5.41, 5.74) is 2.47. The second-order valence-electron chi connectivity index (χ2n) is 5.75. The van der Waals surface area contributed by atoms with Crippen molar-refractivity contribution in [2.45, 2.75) is 0 Å². The first-order valence-electron chi connectivity index (χ1n) is 7.65. The largest absolute Gasteiger partial charge is 0.327 e. The number of likely N-dealkylation sites (N-methyl/N-ethyl adjacent to an activating group) is 1. The van der Waals surface area contributed by atoms with Crippen molar-refractivity contribution in [1.29, 1.82) is 0 Å². The zero-order valence-corrected chi connectivity index (χ0v) is 14.3. The highest BCUT2D eigenvalue weighted by Crippen LogP contribution is 2.24. The first-order valence-corrected chi connectivity index (χ1v) is 8.03. The Morgan fingerprint density at radius 3 is 2.48 bits per heavy atom. The van der Waals surface area contributed by atoms with Crippen LogP contribution in [0.25, 0.3) is 11.1 Å². The van der Waals surface area contributed by atoms with Crippen LogP contribution in [0.1, 0.15) is 0 Å². The van der Waals surface area contributed by atoms with Gasteiger partial charge in [-0.25, -0.2) is 4.79 Å². The molecule has 0 aliphatic carbocycles. The molecule has 4 amide bonds. The molecular weight excluding hydrogens is 342 g/mol. The van der Waals surface area contributed by atoms with Crippen LogP contribution in [0.4, 0.5) is 10.5 Å². The minimum absolute atomic E-state index is 0.00182. The summed E-state index contributed by atoms with van der Waals surface area (Å²) in [6.45, 7) is -0.300. The number of hydrogen-bond acceptors (Lipinski definition) is 3. The van der Waals surface area contributed by atoms with E-state index in [0.29, 0.717) is 10.7 Å². The molecule has 2 aromatic carbocycles. The van der Waals surface area contributed by atoms with Crippen molar-refractivity contribution in [1.82, 2.24) is 9.80 Å². The Morgan fingerprint density at radius 1 is 1.12 bits per heavy atom. The molecule has 128 valence electrons. The number of hydrogen-bond donors (Lipinski definition) is 1. The van der Waals surface area contributed by atoms with Crippen molar-refractivity contribution in [3.63, 3.8) is 0 Å². The molecule has 0 unspecified atom stereocenters. The van der Waals surface area contributed by atoms with Crippen LogP contribution in [0.15, 0.2) is 48.5 Å². The Hall–Kier alpha value is -2.86. The van der Waals surface area contributed by atoms with Gasteiger partial charge in [0.25, 0.3) is 5.91 Å². The molecule has 0 bridgehead atoms. The SMILES string of the molecule is CN1CC(=O)N(CC(=O)Nc2cccc(-c3ccc(Cl)cc3)c2)C1=O. The first-order chi connectivity index (χ1) is 11.9. The number of carbonyl (C=O) groups excluding carboxylic acids is 3. The number of anilines is 1.